The molecule has 0 unspecified atom stereocenters. The van der Waals surface area contributed by atoms with Crippen LogP contribution in [-0.2, 0) is 6.54 Å². The second-order valence-electron chi connectivity index (χ2n) is 6.72. The van der Waals surface area contributed by atoms with Crippen LogP contribution in [0.25, 0.3) is 10.2 Å². The molecule has 4 rings (SSSR count). The molecule has 0 aliphatic carbocycles. The first kappa shape index (κ1) is 19.9. The third-order valence-electron chi connectivity index (χ3n) is 4.73. The Hall–Kier alpha value is -3.39. The number of aryl methyl sites for hydroxylation is 1. The van der Waals surface area contributed by atoms with E-state index in [1.54, 1.807) is 37.4 Å². The third-order valence-corrected chi connectivity index (χ3v) is 5.88. The van der Waals surface area contributed by atoms with E-state index in [4.69, 9.17) is 9.47 Å². The summed E-state index contributed by atoms with van der Waals surface area (Å²) < 4.78 is 25.6. The van der Waals surface area contributed by atoms with E-state index in [1.807, 2.05) is 17.7 Å². The number of carbonyl (C=O) groups is 1. The topological polar surface area (TPSA) is 65.4 Å². The number of fused-ring (bicyclic) bond motifs is 1. The number of hydrogen-bond donors (Lipinski definition) is 1. The van der Waals surface area contributed by atoms with E-state index in [2.05, 4.69) is 10.4 Å². The number of thiophene rings is 1. The first-order valence-corrected chi connectivity index (χ1v) is 10.0. The van der Waals surface area contributed by atoms with Crippen LogP contribution in [0.2, 0.25) is 0 Å². The molecule has 0 spiro atoms. The summed E-state index contributed by atoms with van der Waals surface area (Å²) in [5.41, 5.74) is 2.33. The minimum Gasteiger partial charge on any atom is -0.497 e. The fourth-order valence-corrected chi connectivity index (χ4v) is 4.24. The molecule has 1 N–H and O–H groups in total. The van der Waals surface area contributed by atoms with Gasteiger partial charge in [-0.15, -0.1) is 11.3 Å². The number of nitrogens with one attached hydrogen (secondary N) is 1. The van der Waals surface area contributed by atoms with Gasteiger partial charge in [0.05, 0.1) is 37.0 Å². The molecule has 0 aliphatic rings. The van der Waals surface area contributed by atoms with Crippen LogP contribution in [0.4, 0.5) is 10.1 Å². The van der Waals surface area contributed by atoms with Crippen LogP contribution >= 0.6 is 11.3 Å². The maximum Gasteiger partial charge on any atom is 0.265 e. The van der Waals surface area contributed by atoms with Crippen molar-refractivity contribution in [1.29, 1.82) is 0 Å². The molecule has 30 heavy (non-hydrogen) atoms. The van der Waals surface area contributed by atoms with Crippen molar-refractivity contribution in [3.8, 4) is 11.5 Å². The van der Waals surface area contributed by atoms with Gasteiger partial charge >= 0.3 is 0 Å². The van der Waals surface area contributed by atoms with E-state index in [0.29, 0.717) is 28.6 Å². The van der Waals surface area contributed by atoms with Crippen molar-refractivity contribution in [3.63, 3.8) is 0 Å². The average molecular weight is 425 g/mol. The molecule has 0 atom stereocenters. The van der Waals surface area contributed by atoms with Gasteiger partial charge in [0.15, 0.2) is 0 Å². The monoisotopic (exact) mass is 425 g/mol. The lowest BCUT2D eigenvalue weighted by Gasteiger charge is -2.11. The number of rotatable bonds is 6. The average Bonchev–Trinajstić information content (AvgIpc) is 3.31. The SMILES string of the molecule is COc1ccc(NC(=O)c2cc3c(C)nn(Cc4ccc(F)cc4)c3s2)c(OC)c1. The Morgan fingerprint density at radius 2 is 1.90 bits per heavy atom. The lowest BCUT2D eigenvalue weighted by molar-refractivity contribution is 0.103. The van der Waals surface area contributed by atoms with Crippen molar-refractivity contribution in [2.75, 3.05) is 19.5 Å². The molecular weight excluding hydrogens is 405 g/mol. The van der Waals surface area contributed by atoms with Gasteiger partial charge in [-0.1, -0.05) is 12.1 Å². The zero-order chi connectivity index (χ0) is 21.3. The second-order valence-corrected chi connectivity index (χ2v) is 7.75. The molecule has 0 fully saturated rings. The summed E-state index contributed by atoms with van der Waals surface area (Å²) in [4.78, 5) is 14.3. The van der Waals surface area contributed by atoms with Crippen LogP contribution in [-0.4, -0.2) is 29.9 Å². The highest BCUT2D eigenvalue weighted by Gasteiger charge is 2.18. The Morgan fingerprint density at radius 1 is 1.13 bits per heavy atom. The Kier molecular flexibility index (Phi) is 5.41. The number of ether oxygens (including phenoxy) is 2. The number of aromatic nitrogens is 2. The first-order valence-electron chi connectivity index (χ1n) is 9.23. The second kappa shape index (κ2) is 8.16. The molecule has 2 aromatic carbocycles. The maximum absolute atomic E-state index is 13.2. The Labute approximate surface area is 176 Å². The number of amides is 1. The number of hydrogen-bond acceptors (Lipinski definition) is 5. The fraction of sp³-hybridized carbons (Fsp3) is 0.182. The summed E-state index contributed by atoms with van der Waals surface area (Å²) in [5.74, 6) is 0.655. The predicted octanol–water partition coefficient (Wildman–Crippen LogP) is 4.86. The quantitative estimate of drug-likeness (QED) is 0.479. The summed E-state index contributed by atoms with van der Waals surface area (Å²) >= 11 is 1.36. The van der Waals surface area contributed by atoms with E-state index >= 15 is 0 Å². The molecule has 2 heterocycles. The predicted molar refractivity (Wildman–Crippen MR) is 115 cm³/mol. The number of benzene rings is 2. The summed E-state index contributed by atoms with van der Waals surface area (Å²) in [6.45, 7) is 2.41. The van der Waals surface area contributed by atoms with Crippen LogP contribution in [0.15, 0.2) is 48.5 Å². The summed E-state index contributed by atoms with van der Waals surface area (Å²) in [5, 5.41) is 8.39. The standard InChI is InChI=1S/C22H20FN3O3S/c1-13-17-11-20(21(27)24-18-9-8-16(28-2)10-19(18)29-3)30-22(17)26(25-13)12-14-4-6-15(23)7-5-14/h4-11H,12H2,1-3H3,(H,24,27). The molecule has 0 radical (unpaired) electrons. The molecule has 0 saturated heterocycles. The van der Waals surface area contributed by atoms with Crippen LogP contribution < -0.4 is 14.8 Å². The van der Waals surface area contributed by atoms with Crippen molar-refractivity contribution >= 4 is 33.1 Å². The van der Waals surface area contributed by atoms with E-state index < -0.39 is 0 Å². The molecule has 2 aromatic heterocycles. The smallest absolute Gasteiger partial charge is 0.265 e. The van der Waals surface area contributed by atoms with Gasteiger partial charge in [-0.05, 0) is 42.8 Å². The molecule has 1 amide bonds. The molecule has 8 heteroatoms. The van der Waals surface area contributed by atoms with Gasteiger partial charge in [0, 0.05) is 11.5 Å². The molecule has 4 aromatic rings. The van der Waals surface area contributed by atoms with E-state index in [0.717, 1.165) is 21.5 Å². The van der Waals surface area contributed by atoms with Crippen LogP contribution in [0.5, 0.6) is 11.5 Å². The third kappa shape index (κ3) is 3.86. The lowest BCUT2D eigenvalue weighted by atomic mass is 10.2. The fourth-order valence-electron chi connectivity index (χ4n) is 3.18. The summed E-state index contributed by atoms with van der Waals surface area (Å²) in [7, 11) is 3.11. The molecule has 0 bridgehead atoms. The number of nitrogens with zero attached hydrogens (tertiary/aromatic N) is 2. The zero-order valence-electron chi connectivity index (χ0n) is 16.7. The van der Waals surface area contributed by atoms with E-state index in [1.165, 1.54) is 30.6 Å². The van der Waals surface area contributed by atoms with Crippen molar-refractivity contribution in [1.82, 2.24) is 9.78 Å². The number of methoxy groups -OCH3 is 2. The van der Waals surface area contributed by atoms with Crippen molar-refractivity contribution in [2.24, 2.45) is 0 Å². The first-order chi connectivity index (χ1) is 14.5. The number of anilines is 1. The normalized spacial score (nSPS) is 10.9. The van der Waals surface area contributed by atoms with Crippen molar-refractivity contribution < 1.29 is 18.7 Å². The van der Waals surface area contributed by atoms with Gasteiger partial charge in [0.2, 0.25) is 0 Å². The Morgan fingerprint density at radius 3 is 2.60 bits per heavy atom. The van der Waals surface area contributed by atoms with Gasteiger partial charge in [0.1, 0.15) is 22.1 Å². The number of carbonyl (C=O) groups excluding carboxylic acids is 1. The highest BCUT2D eigenvalue weighted by Crippen LogP contribution is 2.32. The molecule has 0 saturated carbocycles. The van der Waals surface area contributed by atoms with Gasteiger partial charge in [-0.25, -0.2) is 4.39 Å². The zero-order valence-corrected chi connectivity index (χ0v) is 17.5. The van der Waals surface area contributed by atoms with Gasteiger partial charge in [0.25, 0.3) is 5.91 Å². The highest BCUT2D eigenvalue weighted by molar-refractivity contribution is 7.20. The van der Waals surface area contributed by atoms with Gasteiger partial charge in [-0.2, -0.15) is 5.10 Å². The molecular formula is C22H20FN3O3S. The van der Waals surface area contributed by atoms with Crippen LogP contribution in [0, 0.1) is 12.7 Å². The Bertz CT molecular complexity index is 1210. The van der Waals surface area contributed by atoms with Crippen LogP contribution in [0.1, 0.15) is 20.9 Å². The maximum atomic E-state index is 13.2. The van der Waals surface area contributed by atoms with Crippen molar-refractivity contribution in [3.05, 3.63) is 70.5 Å². The van der Waals surface area contributed by atoms with Crippen molar-refractivity contribution in [2.45, 2.75) is 13.5 Å². The lowest BCUT2D eigenvalue weighted by Crippen LogP contribution is -2.11. The summed E-state index contributed by atoms with van der Waals surface area (Å²) in [6, 6.07) is 13.4. The molecule has 6 nitrogen and oxygen atoms in total. The van der Waals surface area contributed by atoms with Gasteiger partial charge in [-0.3, -0.25) is 9.48 Å². The van der Waals surface area contributed by atoms with Crippen LogP contribution in [0.3, 0.4) is 0 Å². The number of halogens is 1. The van der Waals surface area contributed by atoms with E-state index in [-0.39, 0.29) is 11.7 Å². The van der Waals surface area contributed by atoms with E-state index in [9.17, 15) is 9.18 Å². The molecule has 154 valence electrons. The Balaban J connectivity index is 1.60. The summed E-state index contributed by atoms with van der Waals surface area (Å²) in [6.07, 6.45) is 0. The molecule has 0 aliphatic heterocycles. The van der Waals surface area contributed by atoms with Gasteiger partial charge < -0.3 is 14.8 Å². The minimum absolute atomic E-state index is 0.229. The minimum atomic E-state index is -0.274. The largest absolute Gasteiger partial charge is 0.497 e. The highest BCUT2D eigenvalue weighted by atomic mass is 32.1.